The van der Waals surface area contributed by atoms with Crippen LogP contribution in [0.2, 0.25) is 0 Å². The Morgan fingerprint density at radius 3 is 0.984 bits per heavy atom. The Hall–Kier alpha value is -1.42. The minimum absolute atomic E-state index is 0.223. The second-order valence-electron chi connectivity index (χ2n) is 27.4. The molecule has 10 fully saturated rings. The minimum Gasteiger partial charge on any atom is -0.366 e. The number of allylic oxidation sites excluding steroid dienone is 6. The van der Waals surface area contributed by atoms with Gasteiger partial charge in [0.15, 0.2) is 0 Å². The summed E-state index contributed by atoms with van der Waals surface area (Å²) in [7, 11) is 0. The molecule has 3 saturated heterocycles. The highest BCUT2D eigenvalue weighted by Crippen LogP contribution is 2.62. The van der Waals surface area contributed by atoms with Gasteiger partial charge in [0.25, 0.3) is 0 Å². The van der Waals surface area contributed by atoms with Crippen LogP contribution in [0.1, 0.15) is 212 Å². The minimum atomic E-state index is 0.223. The van der Waals surface area contributed by atoms with E-state index < -0.39 is 0 Å². The summed E-state index contributed by atoms with van der Waals surface area (Å²) in [6.45, 7) is 45.9. The molecule has 11 rings (SSSR count). The van der Waals surface area contributed by atoms with Crippen molar-refractivity contribution in [1.29, 1.82) is 0 Å². The molecule has 0 aromatic carbocycles. The molecule has 3 heterocycles. The Bertz CT molecular complexity index is 1650. The molecule has 63 heavy (non-hydrogen) atoms. The molecule has 0 N–H and O–H groups in total. The Morgan fingerprint density at radius 1 is 0.397 bits per heavy atom. The van der Waals surface area contributed by atoms with Crippen molar-refractivity contribution < 1.29 is 14.2 Å². The van der Waals surface area contributed by atoms with E-state index in [0.717, 1.165) is 47.3 Å². The van der Waals surface area contributed by atoms with Gasteiger partial charge >= 0.3 is 0 Å². The monoisotopic (exact) mass is 865 g/mol. The van der Waals surface area contributed by atoms with E-state index in [4.69, 9.17) is 14.2 Å². The molecule has 14 atom stereocenters. The molecule has 3 aliphatic heterocycles. The first-order valence-electron chi connectivity index (χ1n) is 26.7. The fourth-order valence-corrected chi connectivity index (χ4v) is 15.7. The van der Waals surface area contributed by atoms with Gasteiger partial charge in [-0.05, 0) is 225 Å². The molecule has 3 nitrogen and oxygen atoms in total. The number of hydrogen-bond donors (Lipinski definition) is 0. The van der Waals surface area contributed by atoms with Gasteiger partial charge in [0.05, 0.1) is 35.1 Å². The highest BCUT2D eigenvalue weighted by molar-refractivity contribution is 5.20. The van der Waals surface area contributed by atoms with Gasteiger partial charge in [0, 0.05) is 0 Å². The number of rotatable bonds is 0. The smallest absolute Gasteiger partial charge is 0.0920 e. The van der Waals surface area contributed by atoms with Crippen molar-refractivity contribution in [3.05, 3.63) is 60.3 Å². The molecule has 8 aliphatic carbocycles. The summed E-state index contributed by atoms with van der Waals surface area (Å²) in [5.41, 5.74) is 10.5. The third-order valence-corrected chi connectivity index (χ3v) is 21.0. The summed E-state index contributed by atoms with van der Waals surface area (Å²) < 4.78 is 17.6. The molecular formula is C60H96O3. The first kappa shape index (κ1) is 48.1. The van der Waals surface area contributed by atoms with Crippen molar-refractivity contribution >= 4 is 0 Å². The van der Waals surface area contributed by atoms with Crippen molar-refractivity contribution in [1.82, 2.24) is 0 Å². The predicted molar refractivity (Wildman–Crippen MR) is 266 cm³/mol. The van der Waals surface area contributed by atoms with Gasteiger partial charge in [0.2, 0.25) is 0 Å². The highest BCUT2D eigenvalue weighted by Gasteiger charge is 2.58. The zero-order valence-electron chi connectivity index (χ0n) is 43.1. The van der Waals surface area contributed by atoms with Gasteiger partial charge in [-0.2, -0.15) is 0 Å². The molecule has 0 bridgehead atoms. The number of hydrogen-bond acceptors (Lipinski definition) is 3. The van der Waals surface area contributed by atoms with Gasteiger partial charge in [-0.1, -0.05) is 116 Å². The summed E-state index contributed by atoms with van der Waals surface area (Å²) in [6.07, 6.45) is 29.6. The maximum atomic E-state index is 5.86. The number of fused-ring (bicyclic) bond motifs is 7. The van der Waals surface area contributed by atoms with E-state index in [1.165, 1.54) is 151 Å². The maximum absolute atomic E-state index is 5.86. The third kappa shape index (κ3) is 9.81. The molecule has 0 amide bonds. The van der Waals surface area contributed by atoms with Crippen LogP contribution in [-0.2, 0) is 14.2 Å². The zero-order chi connectivity index (χ0) is 45.7. The molecule has 11 aliphatic rings. The SMILES string of the molecule is C=C1CC/C=C(\C)CC[C@@H]2[C@@H]1CC2(C)C.C=C1CC[C@@H]2O[C@]2(C)CC[C@@H]2[C@@H]1CC2(C)C.C=C1CC[C@H]2O[C@@]2(C)CC[C@@H]2[C@@H]1CC2(C)C.C=C1CC[C@H]2O[C@]2(C)CC[C@@H]2[C@@H]1CC2(C)C. The number of epoxide rings is 3. The van der Waals surface area contributed by atoms with Crippen LogP contribution in [-0.4, -0.2) is 35.1 Å². The van der Waals surface area contributed by atoms with Crippen LogP contribution in [0.15, 0.2) is 60.3 Å². The van der Waals surface area contributed by atoms with Crippen molar-refractivity contribution in [2.45, 2.75) is 247 Å². The van der Waals surface area contributed by atoms with Gasteiger partial charge in [-0.25, -0.2) is 0 Å². The van der Waals surface area contributed by atoms with Crippen molar-refractivity contribution in [2.75, 3.05) is 0 Å². The molecular weight excluding hydrogens is 769 g/mol. The van der Waals surface area contributed by atoms with E-state index in [0.29, 0.717) is 40.0 Å². The quantitative estimate of drug-likeness (QED) is 0.180. The standard InChI is InChI=1S/3C15H24O.C15H24/c3*1-10-5-6-13-15(4,16-13)8-7-12-11(10)9-14(12,2)3;1-11-6-5-7-12(2)13-10-15(3,4)14(13)9-8-11/h3*11-13H,1,5-9H2,2-4H3;6,13-14H,2,5,7-10H2,1,3-4H3/b;;;11-6+/t11-,12-,13+,15-;11-,12-,13-,15+;11-,12-,13-,15-;13-,14-/m1111/s1. The second-order valence-corrected chi connectivity index (χ2v) is 27.4. The largest absolute Gasteiger partial charge is 0.366 e. The number of ether oxygens (including phenoxy) is 3. The van der Waals surface area contributed by atoms with Crippen LogP contribution >= 0.6 is 0 Å². The first-order valence-corrected chi connectivity index (χ1v) is 26.7. The van der Waals surface area contributed by atoms with Crippen molar-refractivity contribution in [2.24, 2.45) is 69.0 Å². The highest BCUT2D eigenvalue weighted by atomic mass is 16.6. The van der Waals surface area contributed by atoms with Crippen LogP contribution < -0.4 is 0 Å². The predicted octanol–water partition coefficient (Wildman–Crippen LogP) is 16.5. The van der Waals surface area contributed by atoms with E-state index >= 15 is 0 Å². The van der Waals surface area contributed by atoms with Gasteiger partial charge in [0.1, 0.15) is 0 Å². The molecule has 354 valence electrons. The fourth-order valence-electron chi connectivity index (χ4n) is 15.7. The molecule has 0 aromatic rings. The third-order valence-electron chi connectivity index (χ3n) is 21.0. The summed E-state index contributed by atoms with van der Waals surface area (Å²) in [5.74, 6) is 6.76. The van der Waals surface area contributed by atoms with Crippen LogP contribution in [0.3, 0.4) is 0 Å². The van der Waals surface area contributed by atoms with Gasteiger partial charge in [-0.15, -0.1) is 0 Å². The lowest BCUT2D eigenvalue weighted by Crippen LogP contribution is -2.44. The topological polar surface area (TPSA) is 37.6 Å². The summed E-state index contributed by atoms with van der Waals surface area (Å²) in [4.78, 5) is 0. The average Bonchev–Trinajstić information content (AvgIpc) is 4.13. The Labute approximate surface area is 388 Å². The Balaban J connectivity index is 0.000000115. The van der Waals surface area contributed by atoms with Crippen LogP contribution in [0.25, 0.3) is 0 Å². The molecule has 0 spiro atoms. The lowest BCUT2D eigenvalue weighted by Gasteiger charge is -2.53. The van der Waals surface area contributed by atoms with Crippen molar-refractivity contribution in [3.8, 4) is 0 Å². The normalized spacial score (nSPS) is 47.5. The molecule has 7 saturated carbocycles. The van der Waals surface area contributed by atoms with E-state index in [-0.39, 0.29) is 16.8 Å². The first-order chi connectivity index (χ1) is 29.3. The lowest BCUT2D eigenvalue weighted by molar-refractivity contribution is -0.00222. The molecule has 0 radical (unpaired) electrons. The lowest BCUT2D eigenvalue weighted by atomic mass is 9.52. The van der Waals surface area contributed by atoms with Gasteiger partial charge < -0.3 is 14.2 Å². The summed E-state index contributed by atoms with van der Waals surface area (Å²) >= 11 is 0. The average molecular weight is 865 g/mol. The second kappa shape index (κ2) is 17.0. The fraction of sp³-hybridized carbons (Fsp3) is 0.833. The zero-order valence-corrected chi connectivity index (χ0v) is 43.1. The van der Waals surface area contributed by atoms with E-state index in [1.807, 2.05) is 0 Å². The molecule has 0 aromatic heterocycles. The van der Waals surface area contributed by atoms with Crippen LogP contribution in [0.4, 0.5) is 0 Å². The Morgan fingerprint density at radius 2 is 0.683 bits per heavy atom. The van der Waals surface area contributed by atoms with Crippen LogP contribution in [0, 0.1) is 69.0 Å². The van der Waals surface area contributed by atoms with Crippen LogP contribution in [0.5, 0.6) is 0 Å². The molecule has 0 unspecified atom stereocenters. The van der Waals surface area contributed by atoms with E-state index in [1.54, 1.807) is 5.57 Å². The molecule has 3 heteroatoms. The summed E-state index contributed by atoms with van der Waals surface area (Å²) in [5, 5.41) is 0. The Kier molecular flexibility index (Phi) is 12.9. The van der Waals surface area contributed by atoms with Gasteiger partial charge in [-0.3, -0.25) is 0 Å². The van der Waals surface area contributed by atoms with E-state index in [2.05, 4.69) is 115 Å². The maximum Gasteiger partial charge on any atom is 0.0920 e. The van der Waals surface area contributed by atoms with Crippen molar-refractivity contribution in [3.63, 3.8) is 0 Å². The summed E-state index contributed by atoms with van der Waals surface area (Å²) in [6, 6.07) is 0. The van der Waals surface area contributed by atoms with E-state index in [9.17, 15) is 0 Å².